The number of carbonyl (C=O) groups is 1. The van der Waals surface area contributed by atoms with Gasteiger partial charge in [-0.3, -0.25) is 4.90 Å². The number of halogens is 1. The molecule has 152 valence electrons. The van der Waals surface area contributed by atoms with Crippen molar-refractivity contribution in [2.24, 2.45) is 5.16 Å². The van der Waals surface area contributed by atoms with Gasteiger partial charge in [-0.15, -0.1) is 0 Å². The van der Waals surface area contributed by atoms with Gasteiger partial charge in [-0.1, -0.05) is 71.4 Å². The number of oxime groups is 1. The van der Waals surface area contributed by atoms with Crippen molar-refractivity contribution < 1.29 is 14.4 Å². The summed E-state index contributed by atoms with van der Waals surface area (Å²) in [4.78, 5) is 19.7. The molecule has 0 atom stereocenters. The van der Waals surface area contributed by atoms with Crippen molar-refractivity contribution in [2.75, 3.05) is 32.8 Å². The summed E-state index contributed by atoms with van der Waals surface area (Å²) < 4.78 is 5.10. The van der Waals surface area contributed by atoms with Crippen LogP contribution in [0.4, 0.5) is 0 Å². The summed E-state index contributed by atoms with van der Waals surface area (Å²) >= 11 is 6.38. The number of nitrogens with zero attached hydrogens (tertiary/aromatic N) is 2. The van der Waals surface area contributed by atoms with Gasteiger partial charge in [0.05, 0.1) is 11.6 Å². The number of hydrogen-bond acceptors (Lipinski definition) is 5. The Balaban J connectivity index is 1.63. The van der Waals surface area contributed by atoms with Crippen molar-refractivity contribution in [2.45, 2.75) is 13.3 Å². The standard InChI is InChI=1S/C23H25ClN2O3/c1-2-28-23(27)19-11-8-14-26(17-19)15-16-29-25-22(18-9-4-3-5-10-18)20-12-6-7-13-21(20)24/h3-7,9-13H,2,8,14-17H2,1H3/b25-22-. The first kappa shape index (κ1) is 21.1. The highest BCUT2D eigenvalue weighted by Gasteiger charge is 2.19. The number of rotatable bonds is 8. The van der Waals surface area contributed by atoms with Gasteiger partial charge < -0.3 is 9.57 Å². The number of hydrogen-bond donors (Lipinski definition) is 0. The van der Waals surface area contributed by atoms with Gasteiger partial charge in [0.25, 0.3) is 0 Å². The number of carbonyl (C=O) groups excluding carboxylic acids is 1. The molecule has 0 aliphatic carbocycles. The lowest BCUT2D eigenvalue weighted by Crippen LogP contribution is -2.35. The summed E-state index contributed by atoms with van der Waals surface area (Å²) in [5.41, 5.74) is 3.17. The van der Waals surface area contributed by atoms with Crippen LogP contribution in [0.25, 0.3) is 0 Å². The molecular formula is C23H25ClN2O3. The molecule has 29 heavy (non-hydrogen) atoms. The van der Waals surface area contributed by atoms with Crippen LogP contribution in [0.1, 0.15) is 24.5 Å². The summed E-state index contributed by atoms with van der Waals surface area (Å²) in [6, 6.07) is 17.4. The summed E-state index contributed by atoms with van der Waals surface area (Å²) in [6.07, 6.45) is 2.78. The van der Waals surface area contributed by atoms with Crippen LogP contribution in [-0.4, -0.2) is 49.4 Å². The van der Waals surface area contributed by atoms with Gasteiger partial charge >= 0.3 is 5.97 Å². The Morgan fingerprint density at radius 3 is 2.66 bits per heavy atom. The Bertz CT molecular complexity index is 881. The van der Waals surface area contributed by atoms with Crippen LogP contribution in [0.2, 0.25) is 5.02 Å². The van der Waals surface area contributed by atoms with E-state index >= 15 is 0 Å². The van der Waals surface area contributed by atoms with Crippen molar-refractivity contribution >= 4 is 23.3 Å². The molecule has 0 radical (unpaired) electrons. The molecule has 1 aliphatic heterocycles. The predicted octanol–water partition coefficient (Wildman–Crippen LogP) is 4.30. The average molecular weight is 413 g/mol. The molecule has 0 saturated carbocycles. The van der Waals surface area contributed by atoms with Crippen LogP contribution in [0.5, 0.6) is 0 Å². The zero-order valence-electron chi connectivity index (χ0n) is 16.5. The predicted molar refractivity (Wildman–Crippen MR) is 115 cm³/mol. The second kappa shape index (κ2) is 10.8. The lowest BCUT2D eigenvalue weighted by Gasteiger charge is -2.25. The van der Waals surface area contributed by atoms with Crippen LogP contribution in [-0.2, 0) is 14.4 Å². The van der Waals surface area contributed by atoms with Crippen molar-refractivity contribution in [1.82, 2.24) is 4.90 Å². The van der Waals surface area contributed by atoms with E-state index in [9.17, 15) is 4.79 Å². The highest BCUT2D eigenvalue weighted by Crippen LogP contribution is 2.20. The zero-order valence-corrected chi connectivity index (χ0v) is 17.3. The van der Waals surface area contributed by atoms with E-state index in [-0.39, 0.29) is 5.97 Å². The van der Waals surface area contributed by atoms with E-state index in [2.05, 4.69) is 10.1 Å². The Kier molecular flexibility index (Phi) is 7.85. The molecule has 0 amide bonds. The first-order valence-corrected chi connectivity index (χ1v) is 10.2. The quantitative estimate of drug-likeness (QED) is 0.280. The van der Waals surface area contributed by atoms with E-state index in [4.69, 9.17) is 21.2 Å². The fourth-order valence-corrected chi connectivity index (χ4v) is 3.38. The molecule has 0 fully saturated rings. The molecule has 0 aromatic heterocycles. The summed E-state index contributed by atoms with van der Waals surface area (Å²) in [6.45, 7) is 4.74. The SMILES string of the molecule is CCOC(=O)C1=CCCN(CCO/N=C(/c2ccccc2)c2ccccc2Cl)C1. The molecule has 0 unspecified atom stereocenters. The largest absolute Gasteiger partial charge is 0.463 e. The molecule has 2 aromatic rings. The van der Waals surface area contributed by atoms with E-state index in [1.165, 1.54) is 0 Å². The molecule has 1 aliphatic rings. The molecule has 1 heterocycles. The van der Waals surface area contributed by atoms with Crippen LogP contribution in [0.3, 0.4) is 0 Å². The molecule has 2 aromatic carbocycles. The minimum atomic E-state index is -0.235. The van der Waals surface area contributed by atoms with Gasteiger partial charge in [0.2, 0.25) is 0 Å². The maximum atomic E-state index is 11.9. The third kappa shape index (κ3) is 5.92. The van der Waals surface area contributed by atoms with Crippen LogP contribution in [0, 0.1) is 0 Å². The van der Waals surface area contributed by atoms with Crippen molar-refractivity contribution in [3.63, 3.8) is 0 Å². The number of benzene rings is 2. The molecule has 3 rings (SSSR count). The molecule has 0 bridgehead atoms. The number of esters is 1. The molecule has 5 nitrogen and oxygen atoms in total. The van der Waals surface area contributed by atoms with E-state index < -0.39 is 0 Å². The monoisotopic (exact) mass is 412 g/mol. The Hall–Kier alpha value is -2.63. The van der Waals surface area contributed by atoms with E-state index in [0.717, 1.165) is 24.1 Å². The van der Waals surface area contributed by atoms with Crippen molar-refractivity contribution in [3.05, 3.63) is 82.4 Å². The van der Waals surface area contributed by atoms with E-state index in [1.807, 2.05) is 67.6 Å². The Morgan fingerprint density at radius 1 is 1.14 bits per heavy atom. The van der Waals surface area contributed by atoms with Crippen molar-refractivity contribution in [3.8, 4) is 0 Å². The first-order valence-electron chi connectivity index (χ1n) is 9.78. The van der Waals surface area contributed by atoms with Crippen LogP contribution in [0.15, 0.2) is 71.4 Å². The topological polar surface area (TPSA) is 51.1 Å². The zero-order chi connectivity index (χ0) is 20.5. The summed E-state index contributed by atoms with van der Waals surface area (Å²) in [5, 5.41) is 5.02. The lowest BCUT2D eigenvalue weighted by molar-refractivity contribution is -0.139. The second-order valence-electron chi connectivity index (χ2n) is 6.63. The Labute approximate surface area is 176 Å². The highest BCUT2D eigenvalue weighted by atomic mass is 35.5. The van der Waals surface area contributed by atoms with E-state index in [0.29, 0.717) is 42.6 Å². The lowest BCUT2D eigenvalue weighted by atomic mass is 10.0. The summed E-state index contributed by atoms with van der Waals surface area (Å²) in [5.74, 6) is -0.235. The number of ether oxygens (including phenoxy) is 1. The van der Waals surface area contributed by atoms with Gasteiger partial charge in [0.1, 0.15) is 12.3 Å². The summed E-state index contributed by atoms with van der Waals surface area (Å²) in [7, 11) is 0. The van der Waals surface area contributed by atoms with Gasteiger partial charge in [-0.2, -0.15) is 0 Å². The van der Waals surface area contributed by atoms with Crippen LogP contribution < -0.4 is 0 Å². The minimum absolute atomic E-state index is 0.235. The molecule has 0 N–H and O–H groups in total. The van der Waals surface area contributed by atoms with Gasteiger partial charge in [0.15, 0.2) is 0 Å². The highest BCUT2D eigenvalue weighted by molar-refractivity contribution is 6.35. The molecular weight excluding hydrogens is 388 g/mol. The third-order valence-electron chi connectivity index (χ3n) is 4.60. The molecule has 6 heteroatoms. The van der Waals surface area contributed by atoms with Gasteiger partial charge in [0, 0.05) is 36.3 Å². The smallest absolute Gasteiger partial charge is 0.334 e. The van der Waals surface area contributed by atoms with Gasteiger partial charge in [-0.05, 0) is 19.4 Å². The maximum Gasteiger partial charge on any atom is 0.334 e. The third-order valence-corrected chi connectivity index (χ3v) is 4.93. The fourth-order valence-electron chi connectivity index (χ4n) is 3.16. The minimum Gasteiger partial charge on any atom is -0.463 e. The Morgan fingerprint density at radius 2 is 1.90 bits per heavy atom. The maximum absolute atomic E-state index is 11.9. The van der Waals surface area contributed by atoms with Gasteiger partial charge in [-0.25, -0.2) is 4.79 Å². The second-order valence-corrected chi connectivity index (χ2v) is 7.04. The normalized spacial score (nSPS) is 15.0. The molecule has 0 saturated heterocycles. The van der Waals surface area contributed by atoms with Crippen molar-refractivity contribution in [1.29, 1.82) is 0 Å². The van der Waals surface area contributed by atoms with Crippen LogP contribution >= 0.6 is 11.6 Å². The molecule has 0 spiro atoms. The first-order chi connectivity index (χ1) is 14.2. The average Bonchev–Trinajstić information content (AvgIpc) is 2.76. The fraction of sp³-hybridized carbons (Fsp3) is 0.304. The van der Waals surface area contributed by atoms with E-state index in [1.54, 1.807) is 0 Å².